The Balaban J connectivity index is 1.50. The van der Waals surface area contributed by atoms with E-state index in [2.05, 4.69) is 30.2 Å². The monoisotopic (exact) mass is 382 g/mol. The lowest BCUT2D eigenvalue weighted by Crippen LogP contribution is -2.51. The molecule has 0 saturated heterocycles. The quantitative estimate of drug-likeness (QED) is 0.635. The minimum absolute atomic E-state index is 0.0417. The summed E-state index contributed by atoms with van der Waals surface area (Å²) in [5.41, 5.74) is 1.31. The summed E-state index contributed by atoms with van der Waals surface area (Å²) in [7, 11) is 0. The van der Waals surface area contributed by atoms with Gasteiger partial charge in [0.25, 0.3) is 0 Å². The third-order valence-electron chi connectivity index (χ3n) is 6.15. The molecule has 3 aliphatic rings. The van der Waals surface area contributed by atoms with Crippen LogP contribution < -0.4 is 5.32 Å². The molecule has 2 bridgehead atoms. The number of hydrogen-bond acceptors (Lipinski definition) is 6. The average Bonchev–Trinajstić information content (AvgIpc) is 3.14. The molecule has 8 nitrogen and oxygen atoms in total. The Bertz CT molecular complexity index is 1050. The number of aromatic amines is 1. The van der Waals surface area contributed by atoms with E-state index in [0.717, 1.165) is 37.3 Å². The SMILES string of the molecule is O=C(O)[C@H]1C2CCC(CC2)[C@@H]1Nc1nc(-c2c[nH]c3ncncc23)ncc1F. The zero-order valence-electron chi connectivity index (χ0n) is 15.0. The predicted octanol–water partition coefficient (Wildman–Crippen LogP) is 2.86. The normalized spacial score (nSPS) is 26.5. The van der Waals surface area contributed by atoms with Gasteiger partial charge >= 0.3 is 5.97 Å². The molecule has 2 atom stereocenters. The van der Waals surface area contributed by atoms with Crippen LogP contribution in [0.25, 0.3) is 22.4 Å². The van der Waals surface area contributed by atoms with Gasteiger partial charge in [0.1, 0.15) is 12.0 Å². The van der Waals surface area contributed by atoms with Crippen LogP contribution in [0.5, 0.6) is 0 Å². The maximum absolute atomic E-state index is 14.5. The minimum Gasteiger partial charge on any atom is -0.481 e. The molecule has 3 heterocycles. The molecule has 3 aromatic heterocycles. The molecule has 3 N–H and O–H groups in total. The van der Waals surface area contributed by atoms with E-state index in [0.29, 0.717) is 17.0 Å². The van der Waals surface area contributed by atoms with Gasteiger partial charge in [-0.15, -0.1) is 0 Å². The van der Waals surface area contributed by atoms with E-state index >= 15 is 0 Å². The van der Waals surface area contributed by atoms with Crippen LogP contribution in [0.15, 0.2) is 24.9 Å². The number of rotatable bonds is 4. The van der Waals surface area contributed by atoms with Crippen LogP contribution in [0.4, 0.5) is 10.2 Å². The van der Waals surface area contributed by atoms with Gasteiger partial charge in [-0.05, 0) is 37.5 Å². The van der Waals surface area contributed by atoms with Crippen molar-refractivity contribution in [3.05, 3.63) is 30.7 Å². The van der Waals surface area contributed by atoms with Crippen molar-refractivity contribution in [2.45, 2.75) is 31.7 Å². The Morgan fingerprint density at radius 2 is 1.96 bits per heavy atom. The van der Waals surface area contributed by atoms with Crippen LogP contribution >= 0.6 is 0 Å². The van der Waals surface area contributed by atoms with Crippen molar-refractivity contribution in [1.82, 2.24) is 24.9 Å². The van der Waals surface area contributed by atoms with Crippen molar-refractivity contribution in [2.24, 2.45) is 17.8 Å². The number of anilines is 1. The lowest BCUT2D eigenvalue weighted by molar-refractivity contribution is -0.148. The van der Waals surface area contributed by atoms with E-state index in [9.17, 15) is 14.3 Å². The number of aliphatic carboxylic acids is 1. The summed E-state index contributed by atoms with van der Waals surface area (Å²) in [5, 5.41) is 13.6. The Morgan fingerprint density at radius 3 is 2.75 bits per heavy atom. The van der Waals surface area contributed by atoms with Gasteiger partial charge in [-0.25, -0.2) is 24.3 Å². The molecule has 9 heteroatoms. The van der Waals surface area contributed by atoms with Crippen molar-refractivity contribution in [2.75, 3.05) is 5.32 Å². The molecule has 6 rings (SSSR count). The van der Waals surface area contributed by atoms with Crippen molar-refractivity contribution >= 4 is 22.8 Å². The molecule has 0 aliphatic heterocycles. The molecule has 0 aromatic carbocycles. The smallest absolute Gasteiger partial charge is 0.308 e. The van der Waals surface area contributed by atoms with Gasteiger partial charge in [0, 0.05) is 29.4 Å². The first-order valence-electron chi connectivity index (χ1n) is 9.41. The van der Waals surface area contributed by atoms with Crippen molar-refractivity contribution < 1.29 is 14.3 Å². The first-order valence-corrected chi connectivity index (χ1v) is 9.41. The van der Waals surface area contributed by atoms with E-state index in [-0.39, 0.29) is 23.7 Å². The first-order chi connectivity index (χ1) is 13.6. The molecule has 144 valence electrons. The Morgan fingerprint density at radius 1 is 1.18 bits per heavy atom. The average molecular weight is 382 g/mol. The van der Waals surface area contributed by atoms with E-state index in [1.54, 1.807) is 12.4 Å². The Labute approximate surface area is 159 Å². The Hall–Kier alpha value is -3.10. The second kappa shape index (κ2) is 6.50. The number of carbonyl (C=O) groups is 1. The summed E-state index contributed by atoms with van der Waals surface area (Å²) in [5.74, 6) is -1.22. The van der Waals surface area contributed by atoms with Gasteiger partial charge in [0.2, 0.25) is 0 Å². The molecular formula is C19H19FN6O2. The molecular weight excluding hydrogens is 363 g/mol. The number of nitrogens with zero attached hydrogens (tertiary/aromatic N) is 4. The molecule has 3 aliphatic carbocycles. The topological polar surface area (TPSA) is 117 Å². The minimum atomic E-state index is -0.824. The zero-order chi connectivity index (χ0) is 19.3. The van der Waals surface area contributed by atoms with Gasteiger partial charge in [0.05, 0.1) is 12.1 Å². The van der Waals surface area contributed by atoms with Gasteiger partial charge in [-0.3, -0.25) is 4.79 Å². The highest BCUT2D eigenvalue weighted by atomic mass is 19.1. The summed E-state index contributed by atoms with van der Waals surface area (Å²) in [6.45, 7) is 0. The van der Waals surface area contributed by atoms with Crippen LogP contribution in [0.2, 0.25) is 0 Å². The number of carboxylic acids is 1. The molecule has 0 unspecified atom stereocenters. The largest absolute Gasteiger partial charge is 0.481 e. The van der Waals surface area contributed by atoms with Crippen molar-refractivity contribution in [3.8, 4) is 11.4 Å². The standard InChI is InChI=1S/C19H19FN6O2/c20-13-7-23-17(12-6-22-16-11(12)5-21-8-24-16)26-18(13)25-15-10-3-1-9(2-4-10)14(15)19(27)28/h5-10,14-15H,1-4H2,(H,27,28)(H,21,22,24)(H,23,25,26)/t9?,10?,14-,15-/m0/s1. The van der Waals surface area contributed by atoms with Crippen LogP contribution in [0, 0.1) is 23.6 Å². The highest BCUT2D eigenvalue weighted by Gasteiger charge is 2.47. The Kier molecular flexibility index (Phi) is 3.96. The third-order valence-corrected chi connectivity index (χ3v) is 6.15. The van der Waals surface area contributed by atoms with Gasteiger partial charge < -0.3 is 15.4 Å². The molecule has 0 radical (unpaired) electrons. The van der Waals surface area contributed by atoms with Crippen LogP contribution in [-0.4, -0.2) is 42.0 Å². The number of H-pyrrole nitrogens is 1. The maximum Gasteiger partial charge on any atom is 0.308 e. The predicted molar refractivity (Wildman–Crippen MR) is 98.9 cm³/mol. The fraction of sp³-hybridized carbons (Fsp3) is 0.421. The zero-order valence-corrected chi connectivity index (χ0v) is 15.0. The van der Waals surface area contributed by atoms with Crippen LogP contribution in [0.3, 0.4) is 0 Å². The number of fused-ring (bicyclic) bond motifs is 4. The summed E-state index contributed by atoms with van der Waals surface area (Å²) in [6.07, 6.45) is 9.68. The van der Waals surface area contributed by atoms with E-state index in [1.165, 1.54) is 6.33 Å². The number of nitrogens with one attached hydrogen (secondary N) is 2. The highest BCUT2D eigenvalue weighted by molar-refractivity contribution is 5.90. The summed E-state index contributed by atoms with van der Waals surface area (Å²) < 4.78 is 14.5. The van der Waals surface area contributed by atoms with Gasteiger partial charge in [-0.1, -0.05) is 0 Å². The van der Waals surface area contributed by atoms with Gasteiger partial charge in [-0.2, -0.15) is 0 Å². The number of carboxylic acid groups (broad SMARTS) is 1. The summed E-state index contributed by atoms with van der Waals surface area (Å²) in [6, 6.07) is -0.325. The van der Waals surface area contributed by atoms with Crippen LogP contribution in [0.1, 0.15) is 25.7 Å². The summed E-state index contributed by atoms with van der Waals surface area (Å²) in [4.78, 5) is 31.5. The lowest BCUT2D eigenvalue weighted by atomic mass is 9.61. The van der Waals surface area contributed by atoms with Crippen molar-refractivity contribution in [3.63, 3.8) is 0 Å². The molecule has 3 saturated carbocycles. The molecule has 0 amide bonds. The fourth-order valence-electron chi connectivity index (χ4n) is 4.81. The molecule has 3 fully saturated rings. The summed E-state index contributed by atoms with van der Waals surface area (Å²) >= 11 is 0. The molecule has 28 heavy (non-hydrogen) atoms. The first kappa shape index (κ1) is 17.0. The fourth-order valence-corrected chi connectivity index (χ4v) is 4.81. The highest BCUT2D eigenvalue weighted by Crippen LogP contribution is 2.46. The van der Waals surface area contributed by atoms with E-state index in [4.69, 9.17) is 0 Å². The van der Waals surface area contributed by atoms with E-state index in [1.807, 2.05) is 0 Å². The maximum atomic E-state index is 14.5. The second-order valence-corrected chi connectivity index (χ2v) is 7.59. The second-order valence-electron chi connectivity index (χ2n) is 7.59. The number of aromatic nitrogens is 5. The molecule has 0 spiro atoms. The third kappa shape index (κ3) is 2.69. The number of halogens is 1. The lowest BCUT2D eigenvalue weighted by Gasteiger charge is -2.47. The molecule has 3 aromatic rings. The van der Waals surface area contributed by atoms with Crippen molar-refractivity contribution in [1.29, 1.82) is 0 Å². The van der Waals surface area contributed by atoms with E-state index < -0.39 is 17.7 Å². The van der Waals surface area contributed by atoms with Gasteiger partial charge in [0.15, 0.2) is 17.5 Å². The van der Waals surface area contributed by atoms with Crippen LogP contribution in [-0.2, 0) is 4.79 Å². The number of hydrogen-bond donors (Lipinski definition) is 3.